The van der Waals surface area contributed by atoms with Gasteiger partial charge in [-0.1, -0.05) is 134 Å². The second kappa shape index (κ2) is 12.4. The van der Waals surface area contributed by atoms with Crippen LogP contribution >= 0.6 is 0 Å². The first-order valence-corrected chi connectivity index (χ1v) is 22.2. The molecule has 0 radical (unpaired) electrons. The molecule has 4 bridgehead atoms. The van der Waals surface area contributed by atoms with Crippen molar-refractivity contribution in [3.63, 3.8) is 0 Å². The Morgan fingerprint density at radius 3 is 1.60 bits per heavy atom. The van der Waals surface area contributed by atoms with Crippen LogP contribution in [0.3, 0.4) is 0 Å². The summed E-state index contributed by atoms with van der Waals surface area (Å²) in [6.45, 7) is 0. The molecule has 0 unspecified atom stereocenters. The molecule has 5 fully saturated rings. The van der Waals surface area contributed by atoms with Crippen molar-refractivity contribution in [1.82, 2.24) is 0 Å². The smallest absolute Gasteiger partial charge is 0.0467 e. The van der Waals surface area contributed by atoms with Gasteiger partial charge >= 0.3 is 0 Å². The van der Waals surface area contributed by atoms with Crippen molar-refractivity contribution in [2.75, 3.05) is 4.90 Å². The van der Waals surface area contributed by atoms with E-state index in [1.807, 2.05) is 0 Å². The average molecular weight is 748 g/mol. The van der Waals surface area contributed by atoms with Gasteiger partial charge in [0, 0.05) is 27.9 Å². The van der Waals surface area contributed by atoms with Crippen LogP contribution in [0.2, 0.25) is 0 Å². The van der Waals surface area contributed by atoms with Gasteiger partial charge in [0.2, 0.25) is 0 Å². The van der Waals surface area contributed by atoms with Gasteiger partial charge in [0.05, 0.1) is 0 Å². The topological polar surface area (TPSA) is 3.24 Å². The van der Waals surface area contributed by atoms with Crippen LogP contribution in [-0.4, -0.2) is 0 Å². The summed E-state index contributed by atoms with van der Waals surface area (Å²) in [5.41, 5.74) is 21.1. The van der Waals surface area contributed by atoms with E-state index in [-0.39, 0.29) is 10.8 Å². The number of nitrogens with zero attached hydrogens (tertiary/aromatic N) is 1. The lowest BCUT2D eigenvalue weighted by Crippen LogP contribution is -2.55. The minimum Gasteiger partial charge on any atom is -0.310 e. The molecule has 2 spiro atoms. The Kier molecular flexibility index (Phi) is 7.14. The summed E-state index contributed by atoms with van der Waals surface area (Å²) >= 11 is 0. The Labute approximate surface area is 343 Å². The fourth-order valence-corrected chi connectivity index (χ4v) is 14.2. The third-order valence-corrected chi connectivity index (χ3v) is 16.2. The van der Waals surface area contributed by atoms with Gasteiger partial charge in [0.25, 0.3) is 0 Å². The average Bonchev–Trinajstić information content (AvgIpc) is 3.96. The molecule has 7 aromatic carbocycles. The molecule has 7 aliphatic carbocycles. The molecule has 58 heavy (non-hydrogen) atoms. The number of rotatable bonds is 5. The second-order valence-corrected chi connectivity index (χ2v) is 18.8. The van der Waals surface area contributed by atoms with Crippen LogP contribution in [0.5, 0.6) is 0 Å². The lowest BCUT2D eigenvalue weighted by molar-refractivity contribution is -0.0399. The van der Waals surface area contributed by atoms with Gasteiger partial charge in [-0.25, -0.2) is 0 Å². The standard InChI is InChI=1S/C57H49N/c1-2-12-39(13-3-1)40-14-10-16-45(33-40)58(47-23-24-50-48-18-4-6-20-52(48)56(55(50)36-47)26-8-9-27-56)46-17-11-15-41(34-46)42-22-25-54-51(35-42)49-19-5-7-21-53(49)57(54)43-29-37-28-38(31-43)32-44(57)30-37/h1-7,10-25,33-38,43-44H,8-9,26-32H2. The van der Waals surface area contributed by atoms with E-state index in [4.69, 9.17) is 0 Å². The summed E-state index contributed by atoms with van der Waals surface area (Å²) in [7, 11) is 0. The molecule has 0 aliphatic heterocycles. The summed E-state index contributed by atoms with van der Waals surface area (Å²) < 4.78 is 0. The molecule has 0 N–H and O–H groups in total. The minimum absolute atomic E-state index is 0.108. The van der Waals surface area contributed by atoms with E-state index in [0.29, 0.717) is 0 Å². The zero-order valence-corrected chi connectivity index (χ0v) is 33.2. The Hall–Kier alpha value is -5.66. The first kappa shape index (κ1) is 33.3. The molecule has 1 heteroatoms. The number of fused-ring (bicyclic) bond motifs is 8. The number of benzene rings is 7. The summed E-state index contributed by atoms with van der Waals surface area (Å²) in [5.74, 6) is 3.47. The predicted molar refractivity (Wildman–Crippen MR) is 240 cm³/mol. The van der Waals surface area contributed by atoms with Crippen LogP contribution in [0.25, 0.3) is 44.5 Å². The number of hydrogen-bond donors (Lipinski definition) is 0. The lowest BCUT2D eigenvalue weighted by atomic mass is 9.43. The van der Waals surface area contributed by atoms with E-state index in [2.05, 4.69) is 169 Å². The monoisotopic (exact) mass is 747 g/mol. The van der Waals surface area contributed by atoms with Crippen LogP contribution in [0.15, 0.2) is 164 Å². The van der Waals surface area contributed by atoms with Crippen molar-refractivity contribution in [2.24, 2.45) is 23.7 Å². The molecule has 7 aromatic rings. The van der Waals surface area contributed by atoms with Crippen LogP contribution in [0.4, 0.5) is 17.1 Å². The molecular weight excluding hydrogens is 699 g/mol. The fraction of sp³-hybridized carbons (Fsp3) is 0.263. The van der Waals surface area contributed by atoms with E-state index in [1.165, 1.54) is 130 Å². The van der Waals surface area contributed by atoms with Crippen molar-refractivity contribution in [3.8, 4) is 44.5 Å². The zero-order chi connectivity index (χ0) is 38.0. The SMILES string of the molecule is c1ccc(-c2cccc(N(c3cccc(-c4ccc5c(c4)-c4ccccc4C54C5CC6CC(C5)CC4C6)c3)c3ccc4c(c3)C3(CCCC3)c3ccccc3-4)c2)cc1. The van der Waals surface area contributed by atoms with Gasteiger partial charge in [-0.3, -0.25) is 0 Å². The molecule has 14 rings (SSSR count). The quantitative estimate of drug-likeness (QED) is 0.169. The van der Waals surface area contributed by atoms with Crippen molar-refractivity contribution >= 4 is 17.1 Å². The van der Waals surface area contributed by atoms with Gasteiger partial charge in [-0.05, 0) is 178 Å². The Bertz CT molecular complexity index is 2740. The normalized spacial score (nSPS) is 24.8. The molecule has 282 valence electrons. The highest BCUT2D eigenvalue weighted by molar-refractivity contribution is 5.89. The molecular formula is C57H49N. The zero-order valence-electron chi connectivity index (χ0n) is 33.2. The summed E-state index contributed by atoms with van der Waals surface area (Å²) in [6.07, 6.45) is 12.2. The highest BCUT2D eigenvalue weighted by Gasteiger charge is 2.61. The maximum absolute atomic E-state index is 2.57. The van der Waals surface area contributed by atoms with Gasteiger partial charge in [0.15, 0.2) is 0 Å². The summed E-state index contributed by atoms with van der Waals surface area (Å²) in [6, 6.07) is 63.1. The first-order chi connectivity index (χ1) is 28.7. The molecule has 0 heterocycles. The van der Waals surface area contributed by atoms with Crippen molar-refractivity contribution < 1.29 is 0 Å². The maximum Gasteiger partial charge on any atom is 0.0467 e. The van der Waals surface area contributed by atoms with E-state index in [0.717, 1.165) is 23.7 Å². The third-order valence-electron chi connectivity index (χ3n) is 16.2. The van der Waals surface area contributed by atoms with Gasteiger partial charge in [0.1, 0.15) is 0 Å². The van der Waals surface area contributed by atoms with Crippen molar-refractivity contribution in [1.29, 1.82) is 0 Å². The molecule has 7 aliphatic rings. The van der Waals surface area contributed by atoms with Gasteiger partial charge in [-0.15, -0.1) is 0 Å². The predicted octanol–water partition coefficient (Wildman–Crippen LogP) is 15.1. The van der Waals surface area contributed by atoms with Gasteiger partial charge in [-0.2, -0.15) is 0 Å². The number of anilines is 3. The highest BCUT2D eigenvalue weighted by atomic mass is 15.1. The maximum atomic E-state index is 2.57. The summed E-state index contributed by atoms with van der Waals surface area (Å²) in [4.78, 5) is 2.52. The molecule has 1 nitrogen and oxygen atoms in total. The number of hydrogen-bond acceptors (Lipinski definition) is 1. The van der Waals surface area contributed by atoms with E-state index < -0.39 is 0 Å². The molecule has 0 aromatic heterocycles. The highest BCUT2D eigenvalue weighted by Crippen LogP contribution is 2.69. The fourth-order valence-electron chi connectivity index (χ4n) is 14.2. The Morgan fingerprint density at radius 2 is 0.897 bits per heavy atom. The Balaban J connectivity index is 0.955. The van der Waals surface area contributed by atoms with Gasteiger partial charge < -0.3 is 4.90 Å². The van der Waals surface area contributed by atoms with Crippen LogP contribution in [0.1, 0.15) is 80.0 Å². The van der Waals surface area contributed by atoms with Crippen LogP contribution in [0, 0.1) is 23.7 Å². The lowest BCUT2D eigenvalue weighted by Gasteiger charge is -2.61. The molecule has 0 saturated heterocycles. The largest absolute Gasteiger partial charge is 0.310 e. The van der Waals surface area contributed by atoms with Crippen molar-refractivity contribution in [2.45, 2.75) is 68.6 Å². The van der Waals surface area contributed by atoms with E-state index in [9.17, 15) is 0 Å². The van der Waals surface area contributed by atoms with Crippen LogP contribution in [-0.2, 0) is 10.8 Å². The first-order valence-electron chi connectivity index (χ1n) is 22.2. The molecule has 0 amide bonds. The summed E-state index contributed by atoms with van der Waals surface area (Å²) in [5, 5.41) is 0. The molecule has 5 saturated carbocycles. The van der Waals surface area contributed by atoms with E-state index in [1.54, 1.807) is 11.1 Å². The minimum atomic E-state index is 0.108. The third kappa shape index (κ3) is 4.59. The molecule has 0 atom stereocenters. The van der Waals surface area contributed by atoms with Crippen molar-refractivity contribution in [3.05, 3.63) is 186 Å². The van der Waals surface area contributed by atoms with E-state index >= 15 is 0 Å². The van der Waals surface area contributed by atoms with Crippen LogP contribution < -0.4 is 4.90 Å². The second-order valence-electron chi connectivity index (χ2n) is 18.8. The Morgan fingerprint density at radius 1 is 0.362 bits per heavy atom.